The number of hydrogen-bond donors (Lipinski definition) is 0. The molecular formula is C18H23Cl2FN2OS. The highest BCUT2D eigenvalue weighted by Crippen LogP contribution is 2.12. The van der Waals surface area contributed by atoms with E-state index in [4.69, 9.17) is 0 Å². The predicted octanol–water partition coefficient (Wildman–Crippen LogP) is 4.12. The lowest BCUT2D eigenvalue weighted by Gasteiger charge is -2.34. The van der Waals surface area contributed by atoms with Gasteiger partial charge in [-0.05, 0) is 29.1 Å². The molecule has 3 nitrogen and oxygen atoms in total. The summed E-state index contributed by atoms with van der Waals surface area (Å²) < 4.78 is 13.2. The Balaban J connectivity index is 0.00000156. The summed E-state index contributed by atoms with van der Waals surface area (Å²) >= 11 is 1.56. The quantitative estimate of drug-likeness (QED) is 0.676. The van der Waals surface area contributed by atoms with Gasteiger partial charge in [-0.1, -0.05) is 12.1 Å². The minimum absolute atomic E-state index is 0. The first-order valence-electron chi connectivity index (χ1n) is 7.95. The van der Waals surface area contributed by atoms with Crippen LogP contribution in [-0.4, -0.2) is 48.3 Å². The lowest BCUT2D eigenvalue weighted by molar-refractivity contribution is 0.0923. The van der Waals surface area contributed by atoms with Crippen molar-refractivity contribution in [2.24, 2.45) is 0 Å². The molecule has 1 fully saturated rings. The molecular weight excluding hydrogens is 382 g/mol. The molecule has 0 atom stereocenters. The van der Waals surface area contributed by atoms with E-state index in [1.807, 2.05) is 22.9 Å². The molecule has 138 valence electrons. The van der Waals surface area contributed by atoms with E-state index < -0.39 is 0 Å². The zero-order valence-electron chi connectivity index (χ0n) is 13.9. The SMILES string of the molecule is Cl.Cl.O=C(CCN1CCN(Cc2cccc(F)c2)CC1)c1ccsc1. The van der Waals surface area contributed by atoms with E-state index in [1.54, 1.807) is 23.5 Å². The molecule has 0 unspecified atom stereocenters. The van der Waals surface area contributed by atoms with E-state index in [0.717, 1.165) is 50.4 Å². The molecule has 0 amide bonds. The molecule has 0 radical (unpaired) electrons. The zero-order chi connectivity index (χ0) is 16.1. The molecule has 0 aliphatic carbocycles. The summed E-state index contributed by atoms with van der Waals surface area (Å²) in [5.41, 5.74) is 1.85. The normalized spacial score (nSPS) is 15.2. The highest BCUT2D eigenvalue weighted by Gasteiger charge is 2.18. The number of carbonyl (C=O) groups excluding carboxylic acids is 1. The number of thiophene rings is 1. The van der Waals surface area contributed by atoms with Crippen molar-refractivity contribution >= 4 is 41.9 Å². The van der Waals surface area contributed by atoms with Gasteiger partial charge in [-0.15, -0.1) is 24.8 Å². The summed E-state index contributed by atoms with van der Waals surface area (Å²) in [6.45, 7) is 5.46. The Labute approximate surface area is 164 Å². The van der Waals surface area contributed by atoms with Crippen LogP contribution >= 0.6 is 36.2 Å². The van der Waals surface area contributed by atoms with Gasteiger partial charge in [-0.25, -0.2) is 4.39 Å². The van der Waals surface area contributed by atoms with Crippen LogP contribution in [-0.2, 0) is 6.54 Å². The number of piperazine rings is 1. The third-order valence-corrected chi connectivity index (χ3v) is 4.94. The molecule has 0 spiro atoms. The second-order valence-electron chi connectivity index (χ2n) is 5.93. The van der Waals surface area contributed by atoms with E-state index in [1.165, 1.54) is 6.07 Å². The first-order chi connectivity index (χ1) is 11.2. The standard InChI is InChI=1S/C18H21FN2OS.2ClH/c19-17-3-1-2-15(12-17)13-21-9-7-20(8-10-21)6-4-18(22)16-5-11-23-14-16;;/h1-3,5,11-12,14H,4,6-10,13H2;2*1H. The molecule has 2 aromatic rings. The predicted molar refractivity (Wildman–Crippen MR) is 106 cm³/mol. The van der Waals surface area contributed by atoms with Crippen LogP contribution in [0.2, 0.25) is 0 Å². The van der Waals surface area contributed by atoms with E-state index in [2.05, 4.69) is 9.80 Å². The second-order valence-corrected chi connectivity index (χ2v) is 6.71. The largest absolute Gasteiger partial charge is 0.300 e. The third-order valence-electron chi connectivity index (χ3n) is 4.26. The molecule has 1 aliphatic heterocycles. The van der Waals surface area contributed by atoms with Gasteiger partial charge in [0.15, 0.2) is 5.78 Å². The summed E-state index contributed by atoms with van der Waals surface area (Å²) in [5.74, 6) is 0.0570. The monoisotopic (exact) mass is 404 g/mol. The maximum atomic E-state index is 13.2. The van der Waals surface area contributed by atoms with Gasteiger partial charge in [0.1, 0.15) is 5.82 Å². The van der Waals surface area contributed by atoms with Gasteiger partial charge in [0.25, 0.3) is 0 Å². The van der Waals surface area contributed by atoms with Gasteiger partial charge in [0.05, 0.1) is 0 Å². The Hall–Kier alpha value is -0.980. The number of carbonyl (C=O) groups is 1. The minimum atomic E-state index is -0.173. The third kappa shape index (κ3) is 6.68. The van der Waals surface area contributed by atoms with Crippen molar-refractivity contribution in [3.63, 3.8) is 0 Å². The lowest BCUT2D eigenvalue weighted by Crippen LogP contribution is -2.46. The molecule has 1 saturated heterocycles. The molecule has 1 aromatic carbocycles. The molecule has 2 heterocycles. The molecule has 1 aliphatic rings. The van der Waals surface area contributed by atoms with Crippen LogP contribution in [0.4, 0.5) is 4.39 Å². The van der Waals surface area contributed by atoms with Gasteiger partial charge < -0.3 is 4.90 Å². The molecule has 0 bridgehead atoms. The van der Waals surface area contributed by atoms with Crippen LogP contribution in [0, 0.1) is 5.82 Å². The first-order valence-corrected chi connectivity index (χ1v) is 8.89. The number of nitrogens with zero attached hydrogens (tertiary/aromatic N) is 2. The Bertz CT molecular complexity index is 646. The first kappa shape index (κ1) is 22.1. The van der Waals surface area contributed by atoms with Crippen LogP contribution in [0.1, 0.15) is 22.3 Å². The van der Waals surface area contributed by atoms with Crippen LogP contribution in [0.3, 0.4) is 0 Å². The van der Waals surface area contributed by atoms with E-state index in [-0.39, 0.29) is 36.4 Å². The maximum Gasteiger partial charge on any atom is 0.164 e. The van der Waals surface area contributed by atoms with Gasteiger partial charge in [0, 0.05) is 56.6 Å². The Morgan fingerprint density at radius 3 is 2.44 bits per heavy atom. The highest BCUT2D eigenvalue weighted by atomic mass is 35.5. The fourth-order valence-electron chi connectivity index (χ4n) is 2.89. The van der Waals surface area contributed by atoms with Crippen LogP contribution in [0.15, 0.2) is 41.1 Å². The summed E-state index contributed by atoms with van der Waals surface area (Å²) in [6.07, 6.45) is 0.584. The molecule has 3 rings (SSSR count). The molecule has 1 aromatic heterocycles. The van der Waals surface area contributed by atoms with Crippen molar-refractivity contribution in [1.82, 2.24) is 9.80 Å². The van der Waals surface area contributed by atoms with Crippen molar-refractivity contribution in [2.45, 2.75) is 13.0 Å². The maximum absolute atomic E-state index is 13.2. The fraction of sp³-hybridized carbons (Fsp3) is 0.389. The van der Waals surface area contributed by atoms with Gasteiger partial charge in [-0.2, -0.15) is 11.3 Å². The van der Waals surface area contributed by atoms with E-state index in [0.29, 0.717) is 6.42 Å². The second kappa shape index (κ2) is 10.9. The topological polar surface area (TPSA) is 23.6 Å². The number of rotatable bonds is 6. The highest BCUT2D eigenvalue weighted by molar-refractivity contribution is 7.08. The molecule has 25 heavy (non-hydrogen) atoms. The van der Waals surface area contributed by atoms with Crippen LogP contribution < -0.4 is 0 Å². The number of halogens is 3. The summed E-state index contributed by atoms with van der Waals surface area (Å²) in [5, 5.41) is 3.86. The van der Waals surface area contributed by atoms with Gasteiger partial charge in [-0.3, -0.25) is 9.69 Å². The molecule has 0 N–H and O–H groups in total. The van der Waals surface area contributed by atoms with Crippen molar-refractivity contribution in [3.8, 4) is 0 Å². The summed E-state index contributed by atoms with van der Waals surface area (Å²) in [7, 11) is 0. The van der Waals surface area contributed by atoms with Crippen molar-refractivity contribution in [1.29, 1.82) is 0 Å². The lowest BCUT2D eigenvalue weighted by atomic mass is 10.1. The van der Waals surface area contributed by atoms with Gasteiger partial charge in [0.2, 0.25) is 0 Å². The number of ketones is 1. The van der Waals surface area contributed by atoms with Crippen LogP contribution in [0.25, 0.3) is 0 Å². The average Bonchev–Trinajstić information content (AvgIpc) is 3.08. The Morgan fingerprint density at radius 2 is 1.80 bits per heavy atom. The average molecular weight is 405 g/mol. The van der Waals surface area contributed by atoms with Crippen molar-refractivity contribution in [3.05, 3.63) is 58.0 Å². The number of benzene rings is 1. The Morgan fingerprint density at radius 1 is 1.08 bits per heavy atom. The molecule has 0 saturated carbocycles. The van der Waals surface area contributed by atoms with Crippen LogP contribution in [0.5, 0.6) is 0 Å². The van der Waals surface area contributed by atoms with Crippen molar-refractivity contribution in [2.75, 3.05) is 32.7 Å². The zero-order valence-corrected chi connectivity index (χ0v) is 16.3. The Kier molecular flexibility index (Phi) is 9.61. The molecule has 7 heteroatoms. The fourth-order valence-corrected chi connectivity index (χ4v) is 3.55. The van der Waals surface area contributed by atoms with Crippen molar-refractivity contribution < 1.29 is 9.18 Å². The van der Waals surface area contributed by atoms with Gasteiger partial charge >= 0.3 is 0 Å². The van der Waals surface area contributed by atoms with E-state index >= 15 is 0 Å². The minimum Gasteiger partial charge on any atom is -0.300 e. The number of Topliss-reactive ketones (excluding diaryl/α,β-unsaturated/α-hetero) is 1. The number of hydrogen-bond acceptors (Lipinski definition) is 4. The summed E-state index contributed by atoms with van der Waals surface area (Å²) in [4.78, 5) is 16.7. The van der Waals surface area contributed by atoms with E-state index in [9.17, 15) is 9.18 Å². The summed E-state index contributed by atoms with van der Waals surface area (Å²) in [6, 6.07) is 8.70. The smallest absolute Gasteiger partial charge is 0.164 e.